The Kier molecular flexibility index (Phi) is 11.0. The molecule has 0 bridgehead atoms. The molecule has 0 heterocycles. The molecule has 0 fully saturated rings. The predicted octanol–water partition coefficient (Wildman–Crippen LogP) is 6.48. The van der Waals surface area contributed by atoms with Crippen molar-refractivity contribution in [2.45, 2.75) is 52.1 Å². The Labute approximate surface area is 266 Å². The number of sulfonamides is 1. The molecular weight excluding hydrogens is 586 g/mol. The Morgan fingerprint density at radius 1 is 0.778 bits per heavy atom. The van der Waals surface area contributed by atoms with Gasteiger partial charge in [-0.05, 0) is 80.8 Å². The van der Waals surface area contributed by atoms with Crippen LogP contribution in [0, 0.1) is 19.8 Å². The number of nitrogens with zero attached hydrogens (tertiary/aromatic N) is 2. The lowest BCUT2D eigenvalue weighted by molar-refractivity contribution is -0.139. The van der Waals surface area contributed by atoms with Crippen LogP contribution in [0.2, 0.25) is 0 Å². The zero-order chi connectivity index (χ0) is 32.6. The van der Waals surface area contributed by atoms with Gasteiger partial charge in [-0.2, -0.15) is 0 Å². The van der Waals surface area contributed by atoms with E-state index in [4.69, 9.17) is 4.74 Å². The fraction of sp³-hybridized carbons (Fsp3) is 0.278. The minimum absolute atomic E-state index is 0.0541. The molecule has 8 nitrogen and oxygen atoms in total. The number of hydrogen-bond acceptors (Lipinski definition) is 5. The summed E-state index contributed by atoms with van der Waals surface area (Å²) in [5, 5.41) is 2.91. The zero-order valence-electron chi connectivity index (χ0n) is 26.4. The smallest absolute Gasteiger partial charge is 0.264 e. The van der Waals surface area contributed by atoms with E-state index in [-0.39, 0.29) is 29.0 Å². The maximum absolute atomic E-state index is 14.2. The number of anilines is 1. The van der Waals surface area contributed by atoms with Crippen LogP contribution in [0.3, 0.4) is 0 Å². The topological polar surface area (TPSA) is 96.0 Å². The quantitative estimate of drug-likeness (QED) is 0.183. The van der Waals surface area contributed by atoms with E-state index in [1.165, 1.54) is 17.0 Å². The Bertz CT molecular complexity index is 1690. The van der Waals surface area contributed by atoms with Gasteiger partial charge < -0.3 is 15.0 Å². The summed E-state index contributed by atoms with van der Waals surface area (Å²) in [7, 11) is -4.17. The molecule has 45 heavy (non-hydrogen) atoms. The highest BCUT2D eigenvalue weighted by Gasteiger charge is 2.32. The summed E-state index contributed by atoms with van der Waals surface area (Å²) in [6, 6.07) is 29.1. The van der Waals surface area contributed by atoms with Crippen LogP contribution in [0.15, 0.2) is 108 Å². The standard InChI is InChI=1S/C36H41N3O5S/c1-26(2)23-37-36(41)29(5)38(24-30-11-9-10-28(4)22-30)35(40)25-39(45(42,43)34-20-14-27(3)15-21-34)31-16-18-33(19-17-31)44-32-12-7-6-8-13-32/h6-22,26,29H,23-25H2,1-5H3,(H,37,41)/t29-/m1/s1. The second-order valence-corrected chi connectivity index (χ2v) is 13.4. The number of aryl methyl sites for hydroxylation is 2. The Balaban J connectivity index is 1.69. The van der Waals surface area contributed by atoms with E-state index in [9.17, 15) is 18.0 Å². The normalized spacial score (nSPS) is 12.0. The predicted molar refractivity (Wildman–Crippen MR) is 178 cm³/mol. The molecule has 0 aliphatic heterocycles. The minimum Gasteiger partial charge on any atom is -0.457 e. The highest BCUT2D eigenvalue weighted by molar-refractivity contribution is 7.92. The van der Waals surface area contributed by atoms with Gasteiger partial charge in [-0.25, -0.2) is 8.42 Å². The number of hydrogen-bond donors (Lipinski definition) is 1. The molecule has 0 aromatic heterocycles. The summed E-state index contributed by atoms with van der Waals surface area (Å²) in [6.07, 6.45) is 0. The number of carbonyl (C=O) groups excluding carboxylic acids is 2. The van der Waals surface area contributed by atoms with Crippen LogP contribution in [0.4, 0.5) is 5.69 Å². The van der Waals surface area contributed by atoms with Crippen LogP contribution < -0.4 is 14.4 Å². The van der Waals surface area contributed by atoms with Gasteiger partial charge in [0.05, 0.1) is 10.6 Å². The average molecular weight is 628 g/mol. The first-order chi connectivity index (χ1) is 21.4. The van der Waals surface area contributed by atoms with Crippen molar-refractivity contribution in [3.63, 3.8) is 0 Å². The van der Waals surface area contributed by atoms with E-state index in [0.717, 1.165) is 21.0 Å². The van der Waals surface area contributed by atoms with E-state index in [2.05, 4.69) is 5.32 Å². The first-order valence-electron chi connectivity index (χ1n) is 15.0. The molecule has 0 unspecified atom stereocenters. The van der Waals surface area contributed by atoms with Crippen molar-refractivity contribution in [2.75, 3.05) is 17.4 Å². The average Bonchev–Trinajstić information content (AvgIpc) is 3.02. The number of nitrogens with one attached hydrogen (secondary N) is 1. The van der Waals surface area contributed by atoms with Gasteiger partial charge in [0.25, 0.3) is 10.0 Å². The van der Waals surface area contributed by atoms with Gasteiger partial charge in [0, 0.05) is 13.1 Å². The molecule has 4 aromatic carbocycles. The molecule has 9 heteroatoms. The molecule has 1 N–H and O–H groups in total. The van der Waals surface area contributed by atoms with Crippen molar-refractivity contribution in [3.05, 3.63) is 120 Å². The van der Waals surface area contributed by atoms with Crippen LogP contribution in [0.1, 0.15) is 37.5 Å². The lowest BCUT2D eigenvalue weighted by Gasteiger charge is -2.32. The van der Waals surface area contributed by atoms with Gasteiger partial charge in [0.15, 0.2) is 0 Å². The third kappa shape index (κ3) is 8.95. The molecule has 236 valence electrons. The summed E-state index contributed by atoms with van der Waals surface area (Å²) in [4.78, 5) is 28.8. The molecular formula is C36H41N3O5S. The van der Waals surface area contributed by atoms with Gasteiger partial charge in [-0.1, -0.05) is 79.6 Å². The maximum atomic E-state index is 14.2. The number of carbonyl (C=O) groups is 2. The SMILES string of the molecule is Cc1ccc(S(=O)(=O)N(CC(=O)N(Cc2cccc(C)c2)[C@H](C)C(=O)NCC(C)C)c2ccc(Oc3ccccc3)cc2)cc1. The Morgan fingerprint density at radius 2 is 1.42 bits per heavy atom. The highest BCUT2D eigenvalue weighted by Crippen LogP contribution is 2.29. The van der Waals surface area contributed by atoms with Crippen molar-refractivity contribution in [1.82, 2.24) is 10.2 Å². The molecule has 4 rings (SSSR count). The molecule has 2 amide bonds. The van der Waals surface area contributed by atoms with E-state index in [1.807, 2.05) is 82.3 Å². The summed E-state index contributed by atoms with van der Waals surface area (Å²) in [5.41, 5.74) is 3.04. The summed E-state index contributed by atoms with van der Waals surface area (Å²) in [6.45, 7) is 9.56. The van der Waals surface area contributed by atoms with Crippen molar-refractivity contribution < 1.29 is 22.7 Å². The van der Waals surface area contributed by atoms with Crippen LogP contribution in [0.5, 0.6) is 11.5 Å². The van der Waals surface area contributed by atoms with Gasteiger partial charge >= 0.3 is 0 Å². The van der Waals surface area contributed by atoms with Crippen LogP contribution >= 0.6 is 0 Å². The lowest BCUT2D eigenvalue weighted by Crippen LogP contribution is -2.51. The number of para-hydroxylation sites is 1. The molecule has 0 aliphatic carbocycles. The zero-order valence-corrected chi connectivity index (χ0v) is 27.3. The second-order valence-electron chi connectivity index (χ2n) is 11.6. The summed E-state index contributed by atoms with van der Waals surface area (Å²) >= 11 is 0. The number of rotatable bonds is 13. The second kappa shape index (κ2) is 14.9. The molecule has 0 saturated heterocycles. The monoisotopic (exact) mass is 627 g/mol. The molecule has 4 aromatic rings. The first-order valence-corrected chi connectivity index (χ1v) is 16.4. The largest absolute Gasteiger partial charge is 0.457 e. The number of ether oxygens (including phenoxy) is 1. The Morgan fingerprint density at radius 3 is 2.04 bits per heavy atom. The van der Waals surface area contributed by atoms with Gasteiger partial charge in [0.1, 0.15) is 24.1 Å². The van der Waals surface area contributed by atoms with E-state index in [0.29, 0.717) is 18.0 Å². The first kappa shape index (κ1) is 33.3. The van der Waals surface area contributed by atoms with E-state index in [1.54, 1.807) is 43.3 Å². The number of amides is 2. The maximum Gasteiger partial charge on any atom is 0.264 e. The summed E-state index contributed by atoms with van der Waals surface area (Å²) in [5.74, 6) is 0.566. The molecule has 0 saturated carbocycles. The van der Waals surface area contributed by atoms with Gasteiger partial charge in [0.2, 0.25) is 11.8 Å². The molecule has 0 spiro atoms. The van der Waals surface area contributed by atoms with Crippen molar-refractivity contribution in [2.24, 2.45) is 5.92 Å². The fourth-order valence-electron chi connectivity index (χ4n) is 4.71. The van der Waals surface area contributed by atoms with Crippen LogP contribution in [-0.2, 0) is 26.2 Å². The third-order valence-electron chi connectivity index (χ3n) is 7.28. The van der Waals surface area contributed by atoms with Crippen LogP contribution in [0.25, 0.3) is 0 Å². The fourth-order valence-corrected chi connectivity index (χ4v) is 6.13. The lowest BCUT2D eigenvalue weighted by atomic mass is 10.1. The highest BCUT2D eigenvalue weighted by atomic mass is 32.2. The minimum atomic E-state index is -4.17. The van der Waals surface area contributed by atoms with E-state index < -0.39 is 28.5 Å². The molecule has 0 aliphatic rings. The number of benzene rings is 4. The van der Waals surface area contributed by atoms with Gasteiger partial charge in [-0.3, -0.25) is 13.9 Å². The van der Waals surface area contributed by atoms with Crippen molar-refractivity contribution in [1.29, 1.82) is 0 Å². The third-order valence-corrected chi connectivity index (χ3v) is 9.07. The molecule has 0 radical (unpaired) electrons. The van der Waals surface area contributed by atoms with Crippen molar-refractivity contribution >= 4 is 27.5 Å². The van der Waals surface area contributed by atoms with E-state index >= 15 is 0 Å². The Hall–Kier alpha value is -4.63. The molecule has 1 atom stereocenters. The van der Waals surface area contributed by atoms with Crippen LogP contribution in [-0.4, -0.2) is 44.3 Å². The van der Waals surface area contributed by atoms with Crippen molar-refractivity contribution in [3.8, 4) is 11.5 Å². The summed E-state index contributed by atoms with van der Waals surface area (Å²) < 4.78 is 35.2. The van der Waals surface area contributed by atoms with Gasteiger partial charge in [-0.15, -0.1) is 0 Å².